The SMILES string of the molecule is CCCOc1ccc(C(NCC)c2csc(Br)c2)cc1Br. The molecule has 0 aliphatic rings. The van der Waals surface area contributed by atoms with Crippen molar-refractivity contribution in [1.29, 1.82) is 0 Å². The minimum atomic E-state index is 0.203. The number of halogens is 2. The monoisotopic (exact) mass is 431 g/mol. The van der Waals surface area contributed by atoms with Crippen molar-refractivity contribution in [3.63, 3.8) is 0 Å². The molecule has 21 heavy (non-hydrogen) atoms. The zero-order valence-electron chi connectivity index (χ0n) is 12.2. The van der Waals surface area contributed by atoms with Crippen molar-refractivity contribution in [1.82, 2.24) is 5.32 Å². The van der Waals surface area contributed by atoms with Crippen LogP contribution in [-0.4, -0.2) is 13.2 Å². The fourth-order valence-electron chi connectivity index (χ4n) is 2.13. The molecular weight excluding hydrogens is 414 g/mol. The molecule has 2 rings (SSSR count). The van der Waals surface area contributed by atoms with Crippen LogP contribution in [0.1, 0.15) is 37.4 Å². The highest BCUT2D eigenvalue weighted by molar-refractivity contribution is 9.11. The maximum absolute atomic E-state index is 5.72. The molecule has 1 N–H and O–H groups in total. The second-order valence-corrected chi connectivity index (χ2v) is 7.86. The van der Waals surface area contributed by atoms with E-state index in [9.17, 15) is 0 Å². The van der Waals surface area contributed by atoms with E-state index in [2.05, 4.69) is 74.6 Å². The Morgan fingerprint density at radius 3 is 2.57 bits per heavy atom. The summed E-state index contributed by atoms with van der Waals surface area (Å²) in [6, 6.07) is 8.70. The average Bonchev–Trinajstić information content (AvgIpc) is 2.90. The Hall–Kier alpha value is -0.360. The average molecular weight is 433 g/mol. The van der Waals surface area contributed by atoms with Gasteiger partial charge in [-0.1, -0.05) is 19.9 Å². The van der Waals surface area contributed by atoms with Crippen LogP contribution in [0, 0.1) is 0 Å². The topological polar surface area (TPSA) is 21.3 Å². The molecule has 1 atom stereocenters. The van der Waals surface area contributed by atoms with E-state index in [-0.39, 0.29) is 6.04 Å². The molecule has 1 aromatic heterocycles. The first-order valence-electron chi connectivity index (χ1n) is 7.05. The predicted octanol–water partition coefficient (Wildman–Crippen LogP) is 5.76. The quantitative estimate of drug-likeness (QED) is 0.600. The molecule has 0 saturated heterocycles. The van der Waals surface area contributed by atoms with Crippen LogP contribution >= 0.6 is 43.2 Å². The van der Waals surface area contributed by atoms with Gasteiger partial charge in [0, 0.05) is 0 Å². The van der Waals surface area contributed by atoms with E-state index >= 15 is 0 Å². The lowest BCUT2D eigenvalue weighted by Gasteiger charge is -2.18. The zero-order chi connectivity index (χ0) is 15.2. The lowest BCUT2D eigenvalue weighted by Crippen LogP contribution is -2.21. The highest BCUT2D eigenvalue weighted by Crippen LogP contribution is 2.33. The third-order valence-electron chi connectivity index (χ3n) is 3.08. The van der Waals surface area contributed by atoms with Gasteiger partial charge in [0.1, 0.15) is 5.75 Å². The number of hydrogen-bond donors (Lipinski definition) is 1. The summed E-state index contributed by atoms with van der Waals surface area (Å²) in [6.45, 7) is 5.90. The summed E-state index contributed by atoms with van der Waals surface area (Å²) in [4.78, 5) is 0. The second kappa shape index (κ2) is 8.32. The van der Waals surface area contributed by atoms with Crippen molar-refractivity contribution >= 4 is 43.2 Å². The minimum absolute atomic E-state index is 0.203. The smallest absolute Gasteiger partial charge is 0.133 e. The third kappa shape index (κ3) is 4.55. The molecule has 0 fully saturated rings. The van der Waals surface area contributed by atoms with Gasteiger partial charge in [-0.3, -0.25) is 0 Å². The highest BCUT2D eigenvalue weighted by atomic mass is 79.9. The standard InChI is InChI=1S/C16H19Br2NOS/c1-3-7-20-14-6-5-11(8-13(14)17)16(19-4-2)12-9-15(18)21-10-12/h5-6,8-10,16,19H,3-4,7H2,1-2H3. The van der Waals surface area contributed by atoms with Crippen molar-refractivity contribution in [2.45, 2.75) is 26.3 Å². The van der Waals surface area contributed by atoms with Gasteiger partial charge in [-0.25, -0.2) is 0 Å². The Morgan fingerprint density at radius 2 is 2.00 bits per heavy atom. The Balaban J connectivity index is 2.26. The van der Waals surface area contributed by atoms with E-state index in [1.807, 2.05) is 6.07 Å². The summed E-state index contributed by atoms with van der Waals surface area (Å²) in [5, 5.41) is 5.73. The first-order chi connectivity index (χ1) is 10.2. The lowest BCUT2D eigenvalue weighted by molar-refractivity contribution is 0.315. The molecular formula is C16H19Br2NOS. The fraction of sp³-hybridized carbons (Fsp3) is 0.375. The van der Waals surface area contributed by atoms with Gasteiger partial charge in [0.05, 0.1) is 20.9 Å². The minimum Gasteiger partial charge on any atom is -0.492 e. The van der Waals surface area contributed by atoms with Gasteiger partial charge in [0.15, 0.2) is 0 Å². The van der Waals surface area contributed by atoms with Crippen LogP contribution in [0.25, 0.3) is 0 Å². The summed E-state index contributed by atoms with van der Waals surface area (Å²) in [6.07, 6.45) is 1.01. The van der Waals surface area contributed by atoms with Gasteiger partial charge in [-0.2, -0.15) is 0 Å². The van der Waals surface area contributed by atoms with Crippen LogP contribution in [0.15, 0.2) is 37.9 Å². The molecule has 1 heterocycles. The Morgan fingerprint density at radius 1 is 1.19 bits per heavy atom. The number of hydrogen-bond acceptors (Lipinski definition) is 3. The number of nitrogens with one attached hydrogen (secondary N) is 1. The molecule has 2 nitrogen and oxygen atoms in total. The first-order valence-corrected chi connectivity index (χ1v) is 9.51. The zero-order valence-corrected chi connectivity index (χ0v) is 16.1. The first kappa shape index (κ1) is 17.0. The Kier molecular flexibility index (Phi) is 6.74. The summed E-state index contributed by atoms with van der Waals surface area (Å²) in [5.74, 6) is 0.905. The molecule has 1 unspecified atom stereocenters. The van der Waals surface area contributed by atoms with Crippen LogP contribution in [0.5, 0.6) is 5.75 Å². The molecule has 0 radical (unpaired) electrons. The summed E-state index contributed by atoms with van der Waals surface area (Å²) < 4.78 is 7.88. The molecule has 114 valence electrons. The van der Waals surface area contributed by atoms with Crippen molar-refractivity contribution in [3.8, 4) is 5.75 Å². The van der Waals surface area contributed by atoms with E-state index < -0.39 is 0 Å². The maximum Gasteiger partial charge on any atom is 0.133 e. The fourth-order valence-corrected chi connectivity index (χ4v) is 3.85. The molecule has 0 saturated carbocycles. The van der Waals surface area contributed by atoms with Crippen LogP contribution in [0.2, 0.25) is 0 Å². The van der Waals surface area contributed by atoms with E-state index in [0.717, 1.165) is 33.6 Å². The van der Waals surface area contributed by atoms with Gasteiger partial charge in [-0.05, 0) is 79.5 Å². The largest absolute Gasteiger partial charge is 0.492 e. The van der Waals surface area contributed by atoms with E-state index in [0.29, 0.717) is 0 Å². The van der Waals surface area contributed by atoms with Crippen LogP contribution in [0.3, 0.4) is 0 Å². The summed E-state index contributed by atoms with van der Waals surface area (Å²) in [7, 11) is 0. The highest BCUT2D eigenvalue weighted by Gasteiger charge is 2.16. The Bertz CT molecular complexity index is 585. The van der Waals surface area contributed by atoms with E-state index in [4.69, 9.17) is 4.74 Å². The molecule has 0 aliphatic carbocycles. The third-order valence-corrected chi connectivity index (χ3v) is 5.22. The lowest BCUT2D eigenvalue weighted by atomic mass is 10.0. The summed E-state index contributed by atoms with van der Waals surface area (Å²) >= 11 is 8.87. The van der Waals surface area contributed by atoms with Crippen LogP contribution in [0.4, 0.5) is 0 Å². The number of thiophene rings is 1. The van der Waals surface area contributed by atoms with Crippen LogP contribution in [-0.2, 0) is 0 Å². The van der Waals surface area contributed by atoms with Gasteiger partial charge >= 0.3 is 0 Å². The molecule has 0 amide bonds. The predicted molar refractivity (Wildman–Crippen MR) is 97.5 cm³/mol. The number of rotatable bonds is 7. The molecule has 0 bridgehead atoms. The Labute approximate surface area is 147 Å². The maximum atomic E-state index is 5.72. The molecule has 5 heteroatoms. The van der Waals surface area contributed by atoms with Crippen molar-refractivity contribution in [2.24, 2.45) is 0 Å². The molecule has 0 aliphatic heterocycles. The van der Waals surface area contributed by atoms with Crippen molar-refractivity contribution in [3.05, 3.63) is 49.0 Å². The van der Waals surface area contributed by atoms with Crippen molar-refractivity contribution in [2.75, 3.05) is 13.2 Å². The summed E-state index contributed by atoms with van der Waals surface area (Å²) in [5.41, 5.74) is 2.51. The van der Waals surface area contributed by atoms with Gasteiger partial charge in [0.2, 0.25) is 0 Å². The molecule has 0 spiro atoms. The number of ether oxygens (including phenoxy) is 1. The second-order valence-electron chi connectivity index (χ2n) is 4.71. The van der Waals surface area contributed by atoms with Gasteiger partial charge in [0.25, 0.3) is 0 Å². The number of benzene rings is 1. The van der Waals surface area contributed by atoms with E-state index in [1.54, 1.807) is 11.3 Å². The normalized spacial score (nSPS) is 12.4. The van der Waals surface area contributed by atoms with Crippen LogP contribution < -0.4 is 10.1 Å². The molecule has 1 aromatic carbocycles. The van der Waals surface area contributed by atoms with E-state index in [1.165, 1.54) is 11.1 Å². The van der Waals surface area contributed by atoms with Crippen molar-refractivity contribution < 1.29 is 4.74 Å². The molecule has 2 aromatic rings. The van der Waals surface area contributed by atoms with Gasteiger partial charge in [-0.15, -0.1) is 11.3 Å². The van der Waals surface area contributed by atoms with Gasteiger partial charge < -0.3 is 10.1 Å².